The molecule has 0 radical (unpaired) electrons. The van der Waals surface area contributed by atoms with Crippen LogP contribution in [0.25, 0.3) is 0 Å². The molecule has 1 N–H and O–H groups in total. The number of rotatable bonds is 3. The Morgan fingerprint density at radius 1 is 1.24 bits per heavy atom. The molecule has 2 aliphatic heterocycles. The first-order chi connectivity index (χ1) is 13.6. The summed E-state index contributed by atoms with van der Waals surface area (Å²) in [7, 11) is 1.29. The van der Waals surface area contributed by atoms with Crippen LogP contribution in [-0.4, -0.2) is 63.4 Å². The van der Waals surface area contributed by atoms with E-state index in [1.54, 1.807) is 0 Å². The summed E-state index contributed by atoms with van der Waals surface area (Å²) in [5.74, 6) is -2.98. The zero-order valence-corrected chi connectivity index (χ0v) is 16.5. The van der Waals surface area contributed by atoms with E-state index in [1.807, 2.05) is 13.8 Å². The lowest BCUT2D eigenvalue weighted by atomic mass is 9.91. The number of carbonyl (C=O) groups is 3. The van der Waals surface area contributed by atoms with Crippen LogP contribution in [0, 0.1) is 10.1 Å². The topological polar surface area (TPSA) is 130 Å². The molecule has 2 amide bonds. The second-order valence-electron chi connectivity index (χ2n) is 7.84. The van der Waals surface area contributed by atoms with Gasteiger partial charge in [-0.05, 0) is 50.3 Å². The van der Waals surface area contributed by atoms with Crippen molar-refractivity contribution >= 4 is 23.5 Å². The van der Waals surface area contributed by atoms with Crippen LogP contribution in [0.2, 0.25) is 0 Å². The lowest BCUT2D eigenvalue weighted by molar-refractivity contribution is -0.385. The van der Waals surface area contributed by atoms with Crippen LogP contribution in [0.1, 0.15) is 43.9 Å². The van der Waals surface area contributed by atoms with E-state index in [2.05, 4.69) is 0 Å². The smallest absolute Gasteiger partial charge is 0.331 e. The number of likely N-dealkylation sites (tertiary alicyclic amines) is 1. The van der Waals surface area contributed by atoms with Gasteiger partial charge in [-0.2, -0.15) is 0 Å². The number of hydrogen-bond donors (Lipinski definition) is 1. The quantitative estimate of drug-likeness (QED) is 0.458. The molecule has 2 aliphatic rings. The lowest BCUT2D eigenvalue weighted by Crippen LogP contribution is -2.53. The molecule has 1 unspecified atom stereocenters. The van der Waals surface area contributed by atoms with Crippen LogP contribution >= 0.6 is 0 Å². The van der Waals surface area contributed by atoms with Crippen molar-refractivity contribution in [3.05, 3.63) is 33.4 Å². The van der Waals surface area contributed by atoms with Gasteiger partial charge in [-0.1, -0.05) is 0 Å². The van der Waals surface area contributed by atoms with Crippen molar-refractivity contribution in [1.82, 2.24) is 9.80 Å². The molecule has 29 heavy (non-hydrogen) atoms. The Labute approximate surface area is 167 Å². The summed E-state index contributed by atoms with van der Waals surface area (Å²) in [6.07, 6.45) is 1.78. The van der Waals surface area contributed by atoms with Gasteiger partial charge in [0.2, 0.25) is 0 Å². The highest BCUT2D eigenvalue weighted by molar-refractivity contribution is 6.35. The molecule has 0 saturated carbocycles. The average Bonchev–Trinajstić information content (AvgIpc) is 3.03. The van der Waals surface area contributed by atoms with Crippen molar-refractivity contribution in [2.45, 2.75) is 44.7 Å². The molecule has 10 nitrogen and oxygen atoms in total. The van der Waals surface area contributed by atoms with Gasteiger partial charge in [-0.25, -0.2) is 4.79 Å². The first-order valence-electron chi connectivity index (χ1n) is 9.29. The Bertz CT molecular complexity index is 896. The maximum absolute atomic E-state index is 13.0. The summed E-state index contributed by atoms with van der Waals surface area (Å²) < 4.78 is 5.04. The van der Waals surface area contributed by atoms with E-state index in [-0.39, 0.29) is 30.0 Å². The molecule has 0 aromatic heterocycles. The molecule has 1 aromatic rings. The largest absolute Gasteiger partial charge is 0.490 e. The van der Waals surface area contributed by atoms with Crippen LogP contribution in [0.3, 0.4) is 0 Å². The number of methoxy groups -OCH3 is 1. The number of ether oxygens (including phenoxy) is 1. The molecule has 2 heterocycles. The van der Waals surface area contributed by atoms with Crippen molar-refractivity contribution in [2.24, 2.45) is 0 Å². The number of amides is 2. The summed E-state index contributed by atoms with van der Waals surface area (Å²) in [5, 5.41) is 21.1. The molecule has 0 aliphatic carbocycles. The Hall–Kier alpha value is -3.17. The van der Waals surface area contributed by atoms with Crippen LogP contribution < -0.4 is 4.74 Å². The van der Waals surface area contributed by atoms with Gasteiger partial charge in [-0.15, -0.1) is 0 Å². The number of fused-ring (bicyclic) bond motifs is 1. The fraction of sp³-hybridized carbons (Fsp3) is 0.526. The van der Waals surface area contributed by atoms with Crippen molar-refractivity contribution in [3.8, 4) is 5.75 Å². The molecule has 1 aromatic carbocycles. The predicted octanol–water partition coefficient (Wildman–Crippen LogP) is 1.51. The minimum atomic E-state index is -1.48. The Morgan fingerprint density at radius 3 is 2.45 bits per heavy atom. The number of carbonyl (C=O) groups excluding carboxylic acids is 2. The standard InChI is InChI=1S/C19H23N3O7/c1-19(2)6-4-7-21(19)17(24)16(23)20-8-5-11-9-14(29-3)13(22(27)28)10-12(11)15(20)18(25)26/h9-10,15H,4-8H2,1-3H3,(H,25,26). The monoisotopic (exact) mass is 405 g/mol. The molecule has 1 atom stereocenters. The Kier molecular flexibility index (Phi) is 5.20. The maximum atomic E-state index is 13.0. The molecule has 3 rings (SSSR count). The van der Waals surface area contributed by atoms with Crippen LogP contribution in [0.4, 0.5) is 5.69 Å². The van der Waals surface area contributed by atoms with Gasteiger partial charge in [0.15, 0.2) is 11.8 Å². The van der Waals surface area contributed by atoms with Gasteiger partial charge in [0.05, 0.1) is 12.0 Å². The van der Waals surface area contributed by atoms with Crippen molar-refractivity contribution in [2.75, 3.05) is 20.2 Å². The number of carboxylic acids is 1. The zero-order valence-electron chi connectivity index (χ0n) is 16.5. The number of nitrogens with zero attached hydrogens (tertiary/aromatic N) is 3. The molecule has 10 heteroatoms. The molecule has 1 saturated heterocycles. The van der Waals surface area contributed by atoms with Crippen molar-refractivity contribution in [3.63, 3.8) is 0 Å². The fourth-order valence-corrected chi connectivity index (χ4v) is 4.15. The van der Waals surface area contributed by atoms with E-state index in [4.69, 9.17) is 4.74 Å². The van der Waals surface area contributed by atoms with E-state index in [0.29, 0.717) is 12.1 Å². The van der Waals surface area contributed by atoms with Gasteiger partial charge in [0, 0.05) is 24.7 Å². The van der Waals surface area contributed by atoms with Crippen LogP contribution in [0.5, 0.6) is 5.75 Å². The molecule has 1 fully saturated rings. The second-order valence-corrected chi connectivity index (χ2v) is 7.84. The number of benzene rings is 1. The molecular weight excluding hydrogens is 382 g/mol. The summed E-state index contributed by atoms with van der Waals surface area (Å²) in [6, 6.07) is 1.07. The third-order valence-electron chi connectivity index (χ3n) is 5.69. The van der Waals surface area contributed by atoms with Gasteiger partial charge >= 0.3 is 23.5 Å². The van der Waals surface area contributed by atoms with Gasteiger partial charge in [0.25, 0.3) is 0 Å². The minimum Gasteiger partial charge on any atom is -0.490 e. The normalized spacial score (nSPS) is 20.2. The van der Waals surface area contributed by atoms with E-state index < -0.39 is 34.3 Å². The molecule has 0 bridgehead atoms. The van der Waals surface area contributed by atoms with Crippen LogP contribution in [0.15, 0.2) is 12.1 Å². The van der Waals surface area contributed by atoms with Gasteiger partial charge in [0.1, 0.15) is 0 Å². The summed E-state index contributed by atoms with van der Waals surface area (Å²) in [4.78, 5) is 50.9. The average molecular weight is 405 g/mol. The Morgan fingerprint density at radius 2 is 1.93 bits per heavy atom. The first kappa shape index (κ1) is 20.6. The van der Waals surface area contributed by atoms with E-state index in [0.717, 1.165) is 23.8 Å². The SMILES string of the molecule is COc1cc2c(cc1[N+](=O)[O-])C(C(=O)O)N(C(=O)C(=O)N1CCCC1(C)C)CC2. The fourth-order valence-electron chi connectivity index (χ4n) is 4.15. The lowest BCUT2D eigenvalue weighted by Gasteiger charge is -2.37. The molecule has 156 valence electrons. The molecular formula is C19H23N3O7. The van der Waals surface area contributed by atoms with Crippen molar-refractivity contribution in [1.29, 1.82) is 0 Å². The number of aliphatic carboxylic acids is 1. The summed E-state index contributed by atoms with van der Waals surface area (Å²) in [5.41, 5.74) is -0.208. The molecule has 0 spiro atoms. The number of nitro benzene ring substituents is 1. The zero-order chi connectivity index (χ0) is 21.5. The van der Waals surface area contributed by atoms with Crippen molar-refractivity contribution < 1.29 is 29.2 Å². The van der Waals surface area contributed by atoms with Crippen LogP contribution in [-0.2, 0) is 20.8 Å². The van der Waals surface area contributed by atoms with Gasteiger partial charge in [-0.3, -0.25) is 19.7 Å². The van der Waals surface area contributed by atoms with Gasteiger partial charge < -0.3 is 19.6 Å². The first-order valence-corrected chi connectivity index (χ1v) is 9.29. The number of nitro groups is 1. The predicted molar refractivity (Wildman–Crippen MR) is 100 cm³/mol. The highest BCUT2D eigenvalue weighted by atomic mass is 16.6. The number of hydrogen-bond acceptors (Lipinski definition) is 6. The summed E-state index contributed by atoms with van der Waals surface area (Å²) >= 11 is 0. The Balaban J connectivity index is 2.00. The third-order valence-corrected chi connectivity index (χ3v) is 5.69. The third kappa shape index (κ3) is 3.50. The highest BCUT2D eigenvalue weighted by Crippen LogP contribution is 2.38. The maximum Gasteiger partial charge on any atom is 0.331 e. The highest BCUT2D eigenvalue weighted by Gasteiger charge is 2.44. The number of carboxylic acid groups (broad SMARTS) is 1. The summed E-state index contributed by atoms with van der Waals surface area (Å²) in [6.45, 7) is 4.17. The second kappa shape index (κ2) is 7.34. The minimum absolute atomic E-state index is 0.0176. The van der Waals surface area contributed by atoms with E-state index >= 15 is 0 Å². The van der Waals surface area contributed by atoms with E-state index in [1.165, 1.54) is 18.1 Å². The van der Waals surface area contributed by atoms with E-state index in [9.17, 15) is 29.6 Å².